The van der Waals surface area contributed by atoms with Gasteiger partial charge in [-0.2, -0.15) is 0 Å². The van der Waals surface area contributed by atoms with Gasteiger partial charge in [-0.05, 0) is 97.9 Å². The molecule has 2 aliphatic heterocycles. The summed E-state index contributed by atoms with van der Waals surface area (Å²) >= 11 is 8.51. The molecule has 0 aromatic heterocycles. The van der Waals surface area contributed by atoms with Gasteiger partial charge in [-0.15, -0.1) is 23.4 Å². The Morgan fingerprint density at radius 2 is 1.51 bits per heavy atom. The van der Waals surface area contributed by atoms with E-state index in [0.29, 0.717) is 5.92 Å². The van der Waals surface area contributed by atoms with Gasteiger partial charge in [-0.3, -0.25) is 9.69 Å². The Morgan fingerprint density at radius 1 is 1.00 bits per heavy atom. The van der Waals surface area contributed by atoms with E-state index in [1.165, 1.54) is 0 Å². The van der Waals surface area contributed by atoms with Crippen LogP contribution in [0.3, 0.4) is 0 Å². The third-order valence-electron chi connectivity index (χ3n) is 7.02. The average Bonchev–Trinajstić information content (AvgIpc) is 3.12. The van der Waals surface area contributed by atoms with E-state index in [2.05, 4.69) is 76.1 Å². The van der Waals surface area contributed by atoms with Gasteiger partial charge in [0, 0.05) is 6.54 Å². The van der Waals surface area contributed by atoms with Gasteiger partial charge in [0.2, 0.25) is 5.91 Å². The summed E-state index contributed by atoms with van der Waals surface area (Å²) in [5.41, 5.74) is -0.262. The number of halogens is 1. The van der Waals surface area contributed by atoms with Gasteiger partial charge < -0.3 is 23.3 Å². The van der Waals surface area contributed by atoms with E-state index < -0.39 is 43.2 Å². The van der Waals surface area contributed by atoms with Crippen molar-refractivity contribution >= 4 is 54.2 Å². The number of carbonyl (C=O) groups excluding carboxylic acids is 1. The van der Waals surface area contributed by atoms with Crippen LogP contribution < -0.4 is 5.32 Å². The zero-order chi connectivity index (χ0) is 29.9. The van der Waals surface area contributed by atoms with E-state index >= 15 is 0 Å². The second kappa shape index (κ2) is 14.4. The standard InChI is InChI=1S/C27H57ClN2O5SSi3/c1-14-15-19-16-20(30(3)17-19)26(31)29-21(18(2)28)22-23(33-37(5,6)7)24(34-38(8,9)10)25(27(32-22)36-4)35-39(11,12)13/h18-25,27H,14-17H2,1-13H3,(H,29,31)/t18-,19?,20+,21?,22?,23?,24?,25-,27?/m1/s1. The fourth-order valence-electron chi connectivity index (χ4n) is 5.68. The quantitative estimate of drug-likeness (QED) is 0.197. The van der Waals surface area contributed by atoms with Gasteiger partial charge >= 0.3 is 0 Å². The molecule has 0 aromatic carbocycles. The van der Waals surface area contributed by atoms with Crippen LogP contribution in [0.15, 0.2) is 0 Å². The number of nitrogens with zero attached hydrogens (tertiary/aromatic N) is 1. The minimum absolute atomic E-state index is 0.0211. The Balaban J connectivity index is 2.49. The molecule has 2 saturated heterocycles. The first-order chi connectivity index (χ1) is 17.8. The Hall–Kier alpha value is 0.561. The summed E-state index contributed by atoms with van der Waals surface area (Å²) in [6.07, 6.45) is 3.74. The minimum Gasteiger partial charge on any atom is -0.409 e. The van der Waals surface area contributed by atoms with E-state index in [-0.39, 0.29) is 35.0 Å². The molecule has 1 amide bonds. The second-order valence-electron chi connectivity index (χ2n) is 14.3. The first-order valence-electron chi connectivity index (χ1n) is 14.6. The Bertz CT molecular complexity index is 793. The number of ether oxygens (including phenoxy) is 1. The average molecular weight is 642 g/mol. The number of likely N-dealkylation sites (tertiary alicyclic amines) is 1. The van der Waals surface area contributed by atoms with Gasteiger partial charge in [-0.25, -0.2) is 0 Å². The predicted octanol–water partition coefficient (Wildman–Crippen LogP) is 5.97. The van der Waals surface area contributed by atoms with Gasteiger partial charge in [0.25, 0.3) is 0 Å². The molecule has 230 valence electrons. The molecule has 0 spiro atoms. The molecule has 0 aromatic rings. The van der Waals surface area contributed by atoms with Gasteiger partial charge in [0.15, 0.2) is 25.0 Å². The molecule has 39 heavy (non-hydrogen) atoms. The predicted molar refractivity (Wildman–Crippen MR) is 174 cm³/mol. The third-order valence-corrected chi connectivity index (χ3v) is 11.1. The lowest BCUT2D eigenvalue weighted by Gasteiger charge is -2.52. The monoisotopic (exact) mass is 640 g/mol. The maximum absolute atomic E-state index is 13.7. The minimum atomic E-state index is -2.06. The lowest BCUT2D eigenvalue weighted by molar-refractivity contribution is -0.190. The molecule has 0 aliphatic carbocycles. The highest BCUT2D eigenvalue weighted by molar-refractivity contribution is 7.99. The zero-order valence-electron chi connectivity index (χ0n) is 26.8. The van der Waals surface area contributed by atoms with Gasteiger partial charge in [0.05, 0.1) is 17.5 Å². The number of thioether (sulfide) groups is 1. The lowest BCUT2D eigenvalue weighted by atomic mass is 9.92. The molecule has 0 radical (unpaired) electrons. The summed E-state index contributed by atoms with van der Waals surface area (Å²) in [5, 5.41) is 2.97. The van der Waals surface area contributed by atoms with E-state index in [1.807, 2.05) is 20.2 Å². The molecule has 12 heteroatoms. The number of alkyl halides is 1. The van der Waals surface area contributed by atoms with Crippen molar-refractivity contribution in [3.63, 3.8) is 0 Å². The van der Waals surface area contributed by atoms with Crippen molar-refractivity contribution in [3.8, 4) is 0 Å². The molecule has 0 bridgehead atoms. The van der Waals surface area contributed by atoms with Crippen molar-refractivity contribution < 1.29 is 22.8 Å². The second-order valence-corrected chi connectivity index (χ2v) is 29.4. The highest BCUT2D eigenvalue weighted by Crippen LogP contribution is 2.38. The van der Waals surface area contributed by atoms with Crippen molar-refractivity contribution in [2.45, 2.75) is 139 Å². The largest absolute Gasteiger partial charge is 0.409 e. The number of carbonyl (C=O) groups is 1. The number of hydrogen-bond acceptors (Lipinski definition) is 7. The van der Waals surface area contributed by atoms with Crippen LogP contribution in [-0.4, -0.2) is 103 Å². The SMILES string of the molecule is CCCC1C[C@@H](C(=O)NC(C2OC(SC)[C@H](O[Si](C)(C)C)C(O[Si](C)(C)C)C2O[Si](C)(C)C)[C@@H](C)Cl)N(C)C1. The number of likely N-dealkylation sites (N-methyl/N-ethyl adjacent to an activating group) is 1. The normalized spacial score (nSPS) is 32.7. The van der Waals surface area contributed by atoms with E-state index in [4.69, 9.17) is 29.6 Å². The molecule has 9 atom stereocenters. The van der Waals surface area contributed by atoms with Crippen molar-refractivity contribution in [3.05, 3.63) is 0 Å². The molecule has 7 nitrogen and oxygen atoms in total. The summed E-state index contributed by atoms with van der Waals surface area (Å²) in [6, 6.07) is -0.595. The number of hydrogen-bond donors (Lipinski definition) is 1. The van der Waals surface area contributed by atoms with Crippen LogP contribution in [0.25, 0.3) is 0 Å². The molecule has 2 heterocycles. The fourth-order valence-corrected chi connectivity index (χ4v) is 9.95. The smallest absolute Gasteiger partial charge is 0.237 e. The van der Waals surface area contributed by atoms with E-state index in [1.54, 1.807) is 11.8 Å². The number of amides is 1. The third kappa shape index (κ3) is 11.0. The van der Waals surface area contributed by atoms with Crippen molar-refractivity contribution in [1.82, 2.24) is 10.2 Å². The van der Waals surface area contributed by atoms with Crippen molar-refractivity contribution in [1.29, 1.82) is 0 Å². The Kier molecular flexibility index (Phi) is 13.2. The first-order valence-corrected chi connectivity index (χ1v) is 26.6. The van der Waals surface area contributed by atoms with E-state index in [0.717, 1.165) is 25.8 Å². The lowest BCUT2D eigenvalue weighted by Crippen LogP contribution is -2.69. The summed E-state index contributed by atoms with van der Waals surface area (Å²) in [5.74, 6) is 0.569. The number of nitrogens with one attached hydrogen (secondary N) is 1. The maximum atomic E-state index is 13.7. The van der Waals surface area contributed by atoms with Crippen molar-refractivity contribution in [2.75, 3.05) is 19.8 Å². The maximum Gasteiger partial charge on any atom is 0.237 e. The molecule has 1 N–H and O–H groups in total. The van der Waals surface area contributed by atoms with Crippen molar-refractivity contribution in [2.24, 2.45) is 5.92 Å². The summed E-state index contributed by atoms with van der Waals surface area (Å²) < 4.78 is 27.5. The van der Waals surface area contributed by atoms with Crippen LogP contribution in [0, 0.1) is 5.92 Å². The Morgan fingerprint density at radius 3 is 1.97 bits per heavy atom. The van der Waals surface area contributed by atoms with Crippen LogP contribution in [0.5, 0.6) is 0 Å². The summed E-state index contributed by atoms with van der Waals surface area (Å²) in [4.78, 5) is 15.9. The van der Waals surface area contributed by atoms with Crippen LogP contribution >= 0.6 is 23.4 Å². The van der Waals surface area contributed by atoms with Crippen LogP contribution in [0.1, 0.15) is 33.1 Å². The molecular formula is C27H57ClN2O5SSi3. The Labute approximate surface area is 251 Å². The highest BCUT2D eigenvalue weighted by atomic mass is 35.5. The van der Waals surface area contributed by atoms with Crippen LogP contribution in [0.2, 0.25) is 58.9 Å². The van der Waals surface area contributed by atoms with Crippen LogP contribution in [-0.2, 0) is 22.8 Å². The fraction of sp³-hybridized carbons (Fsp3) is 0.963. The summed E-state index contributed by atoms with van der Waals surface area (Å²) in [6.45, 7) is 24.9. The topological polar surface area (TPSA) is 69.3 Å². The molecule has 2 fully saturated rings. The van der Waals surface area contributed by atoms with E-state index in [9.17, 15) is 4.79 Å². The summed E-state index contributed by atoms with van der Waals surface area (Å²) in [7, 11) is -3.97. The van der Waals surface area contributed by atoms with Crippen LogP contribution in [0.4, 0.5) is 0 Å². The van der Waals surface area contributed by atoms with Gasteiger partial charge in [-0.1, -0.05) is 13.3 Å². The molecule has 2 rings (SSSR count). The highest BCUT2D eigenvalue weighted by Gasteiger charge is 2.54. The molecule has 6 unspecified atom stereocenters. The molecule has 0 saturated carbocycles. The molecular weight excluding hydrogens is 584 g/mol. The number of rotatable bonds is 13. The molecule has 2 aliphatic rings. The first kappa shape index (κ1) is 35.8. The zero-order valence-corrected chi connectivity index (χ0v) is 31.4. The van der Waals surface area contributed by atoms with Gasteiger partial charge in [0.1, 0.15) is 29.9 Å².